The van der Waals surface area contributed by atoms with Gasteiger partial charge in [0.2, 0.25) is 5.95 Å². The Balaban J connectivity index is 0.00000245. The molecule has 2 aliphatic rings. The van der Waals surface area contributed by atoms with E-state index in [1.54, 1.807) is 24.5 Å². The van der Waals surface area contributed by atoms with E-state index in [9.17, 15) is 4.79 Å². The SMILES string of the molecule is COC(=O)c1ccc(-c2nc(N3CCOCC3)nc3c2CCN3c2ccncc2)cc1.Cl. The van der Waals surface area contributed by atoms with Crippen molar-refractivity contribution in [3.8, 4) is 11.3 Å². The Kier molecular flexibility index (Phi) is 6.53. The average molecular weight is 454 g/mol. The molecule has 0 aliphatic carbocycles. The lowest BCUT2D eigenvalue weighted by Crippen LogP contribution is -2.37. The number of esters is 1. The predicted octanol–water partition coefficient (Wildman–Crippen LogP) is 3.28. The van der Waals surface area contributed by atoms with Crippen LogP contribution >= 0.6 is 12.4 Å². The Morgan fingerprint density at radius 3 is 2.41 bits per heavy atom. The van der Waals surface area contributed by atoms with Crippen LogP contribution < -0.4 is 9.80 Å². The molecule has 1 saturated heterocycles. The molecular weight excluding hydrogens is 430 g/mol. The number of benzene rings is 1. The molecule has 0 atom stereocenters. The molecule has 166 valence electrons. The second-order valence-electron chi connectivity index (χ2n) is 7.45. The minimum atomic E-state index is -0.350. The first-order chi connectivity index (χ1) is 15.2. The van der Waals surface area contributed by atoms with E-state index in [2.05, 4.69) is 14.8 Å². The first kappa shape index (κ1) is 22.0. The fourth-order valence-electron chi connectivity index (χ4n) is 4.04. The number of carbonyl (C=O) groups excluding carboxylic acids is 1. The van der Waals surface area contributed by atoms with Crippen LogP contribution in [0.5, 0.6) is 0 Å². The molecule has 9 heteroatoms. The molecule has 0 saturated carbocycles. The number of anilines is 3. The summed E-state index contributed by atoms with van der Waals surface area (Å²) >= 11 is 0. The summed E-state index contributed by atoms with van der Waals surface area (Å²) in [6.07, 6.45) is 4.43. The van der Waals surface area contributed by atoms with E-state index in [1.165, 1.54) is 7.11 Å². The van der Waals surface area contributed by atoms with Crippen molar-refractivity contribution >= 4 is 35.8 Å². The van der Waals surface area contributed by atoms with Crippen LogP contribution in [-0.4, -0.2) is 60.9 Å². The summed E-state index contributed by atoms with van der Waals surface area (Å²) in [7, 11) is 1.38. The quantitative estimate of drug-likeness (QED) is 0.557. The molecule has 1 aromatic carbocycles. The molecule has 2 aliphatic heterocycles. The molecule has 0 N–H and O–H groups in total. The van der Waals surface area contributed by atoms with Crippen LogP contribution in [0.4, 0.5) is 17.5 Å². The Bertz CT molecular complexity index is 1090. The van der Waals surface area contributed by atoms with Crippen LogP contribution in [-0.2, 0) is 15.9 Å². The van der Waals surface area contributed by atoms with E-state index < -0.39 is 0 Å². The van der Waals surface area contributed by atoms with E-state index in [0.717, 1.165) is 54.4 Å². The highest BCUT2D eigenvalue weighted by Crippen LogP contribution is 2.39. The Labute approximate surface area is 192 Å². The van der Waals surface area contributed by atoms with Crippen molar-refractivity contribution < 1.29 is 14.3 Å². The van der Waals surface area contributed by atoms with Gasteiger partial charge in [0.1, 0.15) is 5.82 Å². The van der Waals surface area contributed by atoms with Gasteiger partial charge in [-0.3, -0.25) is 4.98 Å². The highest BCUT2D eigenvalue weighted by molar-refractivity contribution is 5.90. The zero-order valence-corrected chi connectivity index (χ0v) is 18.5. The molecule has 2 aromatic heterocycles. The largest absolute Gasteiger partial charge is 0.465 e. The minimum Gasteiger partial charge on any atom is -0.465 e. The molecule has 0 spiro atoms. The van der Waals surface area contributed by atoms with Crippen molar-refractivity contribution in [2.24, 2.45) is 0 Å². The van der Waals surface area contributed by atoms with E-state index >= 15 is 0 Å². The molecule has 4 heterocycles. The first-order valence-corrected chi connectivity index (χ1v) is 10.3. The van der Waals surface area contributed by atoms with Gasteiger partial charge in [-0.1, -0.05) is 12.1 Å². The van der Waals surface area contributed by atoms with Crippen LogP contribution in [0.2, 0.25) is 0 Å². The summed E-state index contributed by atoms with van der Waals surface area (Å²) in [5.41, 5.74) is 4.55. The molecule has 8 nitrogen and oxygen atoms in total. The summed E-state index contributed by atoms with van der Waals surface area (Å²) in [5.74, 6) is 1.28. The van der Waals surface area contributed by atoms with Gasteiger partial charge in [0.15, 0.2) is 0 Å². The smallest absolute Gasteiger partial charge is 0.337 e. The number of hydrogen-bond acceptors (Lipinski definition) is 8. The van der Waals surface area contributed by atoms with Crippen LogP contribution in [0.25, 0.3) is 11.3 Å². The highest BCUT2D eigenvalue weighted by atomic mass is 35.5. The molecule has 5 rings (SSSR count). The van der Waals surface area contributed by atoms with E-state index in [1.807, 2.05) is 24.3 Å². The van der Waals surface area contributed by atoms with Crippen molar-refractivity contribution in [2.45, 2.75) is 6.42 Å². The number of carbonyl (C=O) groups is 1. The van der Waals surface area contributed by atoms with Gasteiger partial charge in [0.05, 0.1) is 31.6 Å². The fourth-order valence-corrected chi connectivity index (χ4v) is 4.04. The summed E-state index contributed by atoms with van der Waals surface area (Å²) in [6, 6.07) is 11.4. The number of fused-ring (bicyclic) bond motifs is 1. The Morgan fingerprint density at radius 1 is 1.00 bits per heavy atom. The van der Waals surface area contributed by atoms with E-state index in [0.29, 0.717) is 24.7 Å². The van der Waals surface area contributed by atoms with E-state index in [-0.39, 0.29) is 18.4 Å². The maximum atomic E-state index is 11.8. The molecule has 0 amide bonds. The minimum absolute atomic E-state index is 0. The van der Waals surface area contributed by atoms with Crippen molar-refractivity contribution in [1.29, 1.82) is 0 Å². The molecular formula is C23H24ClN5O3. The number of halogens is 1. The third-order valence-corrected chi connectivity index (χ3v) is 5.66. The van der Waals surface area contributed by atoms with Gasteiger partial charge in [-0.2, -0.15) is 4.98 Å². The second-order valence-corrected chi connectivity index (χ2v) is 7.45. The summed E-state index contributed by atoms with van der Waals surface area (Å²) in [5, 5.41) is 0. The summed E-state index contributed by atoms with van der Waals surface area (Å²) in [4.78, 5) is 30.3. The lowest BCUT2D eigenvalue weighted by molar-refractivity contribution is 0.0600. The molecule has 32 heavy (non-hydrogen) atoms. The number of nitrogens with zero attached hydrogens (tertiary/aromatic N) is 5. The molecule has 3 aromatic rings. The number of methoxy groups -OCH3 is 1. The van der Waals surface area contributed by atoms with Crippen molar-refractivity contribution in [2.75, 3.05) is 49.8 Å². The number of ether oxygens (including phenoxy) is 2. The van der Waals surface area contributed by atoms with Crippen molar-refractivity contribution in [1.82, 2.24) is 15.0 Å². The molecule has 0 unspecified atom stereocenters. The zero-order chi connectivity index (χ0) is 21.2. The van der Waals surface area contributed by atoms with E-state index in [4.69, 9.17) is 19.4 Å². The van der Waals surface area contributed by atoms with Gasteiger partial charge in [-0.25, -0.2) is 9.78 Å². The third kappa shape index (κ3) is 4.11. The standard InChI is InChI=1S/C23H23N5O3.ClH/c1-30-22(29)17-4-2-16(3-5-17)20-19-8-11-28(18-6-9-24-10-7-18)21(19)26-23(25-20)27-12-14-31-15-13-27;/h2-7,9-10H,8,11-15H2,1H3;1H. The topological polar surface area (TPSA) is 80.7 Å². The van der Waals surface area contributed by atoms with Crippen molar-refractivity contribution in [3.05, 3.63) is 59.9 Å². The third-order valence-electron chi connectivity index (χ3n) is 5.66. The molecule has 0 radical (unpaired) electrons. The zero-order valence-electron chi connectivity index (χ0n) is 17.7. The summed E-state index contributed by atoms with van der Waals surface area (Å²) < 4.78 is 10.3. The lowest BCUT2D eigenvalue weighted by Gasteiger charge is -2.28. The summed E-state index contributed by atoms with van der Waals surface area (Å²) in [6.45, 7) is 3.67. The predicted molar refractivity (Wildman–Crippen MR) is 124 cm³/mol. The number of morpholine rings is 1. The number of pyridine rings is 1. The Hall–Kier alpha value is -3.23. The van der Waals surface area contributed by atoms with Crippen LogP contribution in [0.15, 0.2) is 48.8 Å². The first-order valence-electron chi connectivity index (χ1n) is 10.3. The number of hydrogen-bond donors (Lipinski definition) is 0. The van der Waals surface area contributed by atoms with Crippen LogP contribution in [0, 0.1) is 0 Å². The van der Waals surface area contributed by atoms with Gasteiger partial charge < -0.3 is 19.3 Å². The fraction of sp³-hybridized carbons (Fsp3) is 0.304. The van der Waals surface area contributed by atoms with Crippen LogP contribution in [0.1, 0.15) is 15.9 Å². The van der Waals surface area contributed by atoms with Gasteiger partial charge >= 0.3 is 5.97 Å². The maximum Gasteiger partial charge on any atom is 0.337 e. The van der Waals surface area contributed by atoms with Gasteiger partial charge in [-0.15, -0.1) is 12.4 Å². The molecule has 1 fully saturated rings. The van der Waals surface area contributed by atoms with Crippen LogP contribution in [0.3, 0.4) is 0 Å². The average Bonchev–Trinajstić information content (AvgIpc) is 3.28. The maximum absolute atomic E-state index is 11.8. The number of rotatable bonds is 4. The monoisotopic (exact) mass is 453 g/mol. The Morgan fingerprint density at radius 2 is 1.72 bits per heavy atom. The number of aromatic nitrogens is 3. The van der Waals surface area contributed by atoms with Gasteiger partial charge in [0.25, 0.3) is 0 Å². The highest BCUT2D eigenvalue weighted by Gasteiger charge is 2.29. The molecule has 0 bridgehead atoms. The van der Waals surface area contributed by atoms with Gasteiger partial charge in [-0.05, 0) is 30.7 Å². The van der Waals surface area contributed by atoms with Gasteiger partial charge in [0, 0.05) is 48.8 Å². The van der Waals surface area contributed by atoms with Crippen molar-refractivity contribution in [3.63, 3.8) is 0 Å². The second kappa shape index (κ2) is 9.50. The normalized spacial score (nSPS) is 15.2. The lowest BCUT2D eigenvalue weighted by atomic mass is 10.0.